The van der Waals surface area contributed by atoms with Gasteiger partial charge in [-0.05, 0) is 49.2 Å². The summed E-state index contributed by atoms with van der Waals surface area (Å²) in [6.45, 7) is 3.02. The fraction of sp³-hybridized carbons (Fsp3) is 0.316. The molecule has 5 heteroatoms. The highest BCUT2D eigenvalue weighted by Crippen LogP contribution is 2.29. The highest BCUT2D eigenvalue weighted by Gasteiger charge is 2.24. The SMILES string of the molecule is Clc1ccc(CN2CCC[C@@H](c3nc4ccccc4[nH]3)C2)cc1Cl. The first-order valence-electron chi connectivity index (χ1n) is 8.30. The lowest BCUT2D eigenvalue weighted by Gasteiger charge is -2.31. The first-order chi connectivity index (χ1) is 11.7. The Morgan fingerprint density at radius 1 is 1.12 bits per heavy atom. The van der Waals surface area contributed by atoms with Crippen molar-refractivity contribution in [3.8, 4) is 0 Å². The van der Waals surface area contributed by atoms with Gasteiger partial charge in [-0.1, -0.05) is 41.4 Å². The van der Waals surface area contributed by atoms with E-state index >= 15 is 0 Å². The van der Waals surface area contributed by atoms with E-state index in [0.29, 0.717) is 16.0 Å². The number of para-hydroxylation sites is 2. The number of halogens is 2. The van der Waals surface area contributed by atoms with Gasteiger partial charge in [-0.2, -0.15) is 0 Å². The van der Waals surface area contributed by atoms with E-state index in [1.54, 1.807) is 0 Å². The van der Waals surface area contributed by atoms with Crippen molar-refractivity contribution >= 4 is 34.2 Å². The monoisotopic (exact) mass is 359 g/mol. The maximum Gasteiger partial charge on any atom is 0.111 e. The van der Waals surface area contributed by atoms with E-state index in [4.69, 9.17) is 28.2 Å². The fourth-order valence-corrected chi connectivity index (χ4v) is 3.81. The Balaban J connectivity index is 1.49. The number of nitrogens with one attached hydrogen (secondary N) is 1. The Kier molecular flexibility index (Phi) is 4.49. The third-order valence-corrected chi connectivity index (χ3v) is 5.43. The maximum atomic E-state index is 6.14. The smallest absolute Gasteiger partial charge is 0.111 e. The van der Waals surface area contributed by atoms with Crippen LogP contribution in [0.2, 0.25) is 10.0 Å². The largest absolute Gasteiger partial charge is 0.342 e. The van der Waals surface area contributed by atoms with Crippen LogP contribution in [0.4, 0.5) is 0 Å². The number of aromatic amines is 1. The quantitative estimate of drug-likeness (QED) is 0.692. The molecule has 2 aromatic carbocycles. The Hall–Kier alpha value is -1.55. The number of piperidine rings is 1. The Morgan fingerprint density at radius 2 is 2.00 bits per heavy atom. The van der Waals surface area contributed by atoms with Crippen LogP contribution in [-0.2, 0) is 6.54 Å². The van der Waals surface area contributed by atoms with Crippen molar-refractivity contribution in [2.24, 2.45) is 0 Å². The first-order valence-corrected chi connectivity index (χ1v) is 9.05. The molecule has 0 amide bonds. The number of aromatic nitrogens is 2. The molecular weight excluding hydrogens is 341 g/mol. The molecule has 4 rings (SSSR count). The van der Waals surface area contributed by atoms with E-state index in [0.717, 1.165) is 36.5 Å². The fourth-order valence-electron chi connectivity index (χ4n) is 3.48. The summed E-state index contributed by atoms with van der Waals surface area (Å²) < 4.78 is 0. The zero-order chi connectivity index (χ0) is 16.5. The number of fused-ring (bicyclic) bond motifs is 1. The summed E-state index contributed by atoms with van der Waals surface area (Å²) in [5, 5.41) is 1.24. The summed E-state index contributed by atoms with van der Waals surface area (Å²) in [6.07, 6.45) is 2.36. The van der Waals surface area contributed by atoms with Crippen LogP contribution in [0.5, 0.6) is 0 Å². The molecule has 124 valence electrons. The minimum atomic E-state index is 0.453. The molecular formula is C19H19Cl2N3. The molecule has 0 saturated carbocycles. The predicted octanol–water partition coefficient (Wildman–Crippen LogP) is 5.25. The average Bonchev–Trinajstić information content (AvgIpc) is 3.03. The Morgan fingerprint density at radius 3 is 2.83 bits per heavy atom. The van der Waals surface area contributed by atoms with Crippen molar-refractivity contribution in [1.82, 2.24) is 14.9 Å². The molecule has 1 aliphatic rings. The molecule has 1 saturated heterocycles. The minimum absolute atomic E-state index is 0.453. The predicted molar refractivity (Wildman–Crippen MR) is 99.8 cm³/mol. The van der Waals surface area contributed by atoms with Gasteiger partial charge in [0.2, 0.25) is 0 Å². The van der Waals surface area contributed by atoms with Gasteiger partial charge < -0.3 is 4.98 Å². The molecule has 3 nitrogen and oxygen atoms in total. The second kappa shape index (κ2) is 6.75. The molecule has 0 aliphatic carbocycles. The average molecular weight is 360 g/mol. The molecule has 24 heavy (non-hydrogen) atoms. The van der Waals surface area contributed by atoms with Crippen molar-refractivity contribution < 1.29 is 0 Å². The van der Waals surface area contributed by atoms with Crippen LogP contribution >= 0.6 is 23.2 Å². The van der Waals surface area contributed by atoms with E-state index in [2.05, 4.69) is 28.1 Å². The molecule has 0 spiro atoms. The van der Waals surface area contributed by atoms with Gasteiger partial charge in [-0.25, -0.2) is 4.98 Å². The van der Waals surface area contributed by atoms with Crippen LogP contribution < -0.4 is 0 Å². The van der Waals surface area contributed by atoms with Crippen molar-refractivity contribution in [2.75, 3.05) is 13.1 Å². The van der Waals surface area contributed by atoms with Gasteiger partial charge in [0, 0.05) is 19.0 Å². The van der Waals surface area contributed by atoms with Crippen molar-refractivity contribution in [3.05, 3.63) is 63.9 Å². The summed E-state index contributed by atoms with van der Waals surface area (Å²) in [4.78, 5) is 10.7. The molecule has 1 atom stereocenters. The van der Waals surface area contributed by atoms with Gasteiger partial charge in [0.1, 0.15) is 5.82 Å². The van der Waals surface area contributed by atoms with Crippen LogP contribution in [0.25, 0.3) is 11.0 Å². The first kappa shape index (κ1) is 15.9. The van der Waals surface area contributed by atoms with E-state index in [-0.39, 0.29) is 0 Å². The third-order valence-electron chi connectivity index (χ3n) is 4.69. The molecule has 1 aromatic heterocycles. The lowest BCUT2D eigenvalue weighted by atomic mass is 9.97. The standard InChI is InChI=1S/C19H19Cl2N3/c20-15-8-7-13(10-16(15)21)11-24-9-3-4-14(12-24)19-22-17-5-1-2-6-18(17)23-19/h1-2,5-8,10,14H,3-4,9,11-12H2,(H,22,23)/t14-/m1/s1. The number of rotatable bonds is 3. The van der Waals surface area contributed by atoms with E-state index in [1.807, 2.05) is 24.3 Å². The number of nitrogens with zero attached hydrogens (tertiary/aromatic N) is 2. The molecule has 1 aliphatic heterocycles. The number of H-pyrrole nitrogens is 1. The van der Waals surface area contributed by atoms with Gasteiger partial charge in [0.25, 0.3) is 0 Å². The summed E-state index contributed by atoms with van der Waals surface area (Å²) >= 11 is 12.1. The van der Waals surface area contributed by atoms with Crippen molar-refractivity contribution in [2.45, 2.75) is 25.3 Å². The zero-order valence-corrected chi connectivity index (χ0v) is 14.8. The molecule has 0 radical (unpaired) electrons. The highest BCUT2D eigenvalue weighted by molar-refractivity contribution is 6.42. The number of imidazole rings is 1. The highest BCUT2D eigenvalue weighted by atomic mass is 35.5. The summed E-state index contributed by atoms with van der Waals surface area (Å²) in [6, 6.07) is 14.1. The van der Waals surface area contributed by atoms with E-state index in [1.165, 1.54) is 18.4 Å². The molecule has 1 N–H and O–H groups in total. The van der Waals surface area contributed by atoms with Gasteiger partial charge in [-0.15, -0.1) is 0 Å². The summed E-state index contributed by atoms with van der Waals surface area (Å²) in [7, 11) is 0. The van der Waals surface area contributed by atoms with Crippen LogP contribution in [0.1, 0.15) is 30.1 Å². The molecule has 1 fully saturated rings. The summed E-state index contributed by atoms with van der Waals surface area (Å²) in [5.41, 5.74) is 3.37. The molecule has 3 aromatic rings. The number of benzene rings is 2. The molecule has 2 heterocycles. The molecule has 0 bridgehead atoms. The second-order valence-electron chi connectivity index (χ2n) is 6.46. The van der Waals surface area contributed by atoms with Crippen LogP contribution in [0.15, 0.2) is 42.5 Å². The number of hydrogen-bond donors (Lipinski definition) is 1. The Bertz CT molecular complexity index is 826. The lowest BCUT2D eigenvalue weighted by molar-refractivity contribution is 0.197. The van der Waals surface area contributed by atoms with E-state index in [9.17, 15) is 0 Å². The van der Waals surface area contributed by atoms with Gasteiger partial charge in [0.15, 0.2) is 0 Å². The van der Waals surface area contributed by atoms with Crippen LogP contribution in [-0.4, -0.2) is 28.0 Å². The Labute approximate surface area is 151 Å². The number of hydrogen-bond acceptors (Lipinski definition) is 2. The normalized spacial score (nSPS) is 19.0. The third kappa shape index (κ3) is 3.30. The zero-order valence-electron chi connectivity index (χ0n) is 13.3. The minimum Gasteiger partial charge on any atom is -0.342 e. The second-order valence-corrected chi connectivity index (χ2v) is 7.28. The van der Waals surface area contributed by atoms with Gasteiger partial charge in [-0.3, -0.25) is 4.90 Å². The van der Waals surface area contributed by atoms with E-state index < -0.39 is 0 Å². The molecule has 0 unspecified atom stereocenters. The summed E-state index contributed by atoms with van der Waals surface area (Å²) in [5.74, 6) is 1.56. The van der Waals surface area contributed by atoms with Gasteiger partial charge >= 0.3 is 0 Å². The topological polar surface area (TPSA) is 31.9 Å². The lowest BCUT2D eigenvalue weighted by Crippen LogP contribution is -2.34. The van der Waals surface area contributed by atoms with Crippen molar-refractivity contribution in [1.29, 1.82) is 0 Å². The number of likely N-dealkylation sites (tertiary alicyclic amines) is 1. The maximum absolute atomic E-state index is 6.14. The van der Waals surface area contributed by atoms with Crippen LogP contribution in [0, 0.1) is 0 Å². The van der Waals surface area contributed by atoms with Crippen molar-refractivity contribution in [3.63, 3.8) is 0 Å². The van der Waals surface area contributed by atoms with Crippen LogP contribution in [0.3, 0.4) is 0 Å². The van der Waals surface area contributed by atoms with Gasteiger partial charge in [0.05, 0.1) is 21.1 Å².